The zero-order chi connectivity index (χ0) is 70.4. The predicted octanol–water partition coefficient (Wildman–Crippen LogP) is 5.27. The quantitative estimate of drug-likeness (QED) is 0.0158. The van der Waals surface area contributed by atoms with E-state index in [0.29, 0.717) is 78.3 Å². The minimum absolute atomic E-state index is 0.0243. The molecule has 5 atom stereocenters. The van der Waals surface area contributed by atoms with E-state index in [9.17, 15) is 47.9 Å². The van der Waals surface area contributed by atoms with E-state index < -0.39 is 78.4 Å². The predicted molar refractivity (Wildman–Crippen MR) is 363 cm³/mol. The highest BCUT2D eigenvalue weighted by Gasteiger charge is 3.13. The van der Waals surface area contributed by atoms with Crippen molar-refractivity contribution in [2.24, 2.45) is 63.7 Å². The van der Waals surface area contributed by atoms with Crippen molar-refractivity contribution in [3.8, 4) is 11.5 Å². The maximum absolute atomic E-state index is 15.4. The molecule has 0 bridgehead atoms. The number of fused-ring (bicyclic) bond motifs is 6. The molecule has 0 unspecified atom stereocenters. The summed E-state index contributed by atoms with van der Waals surface area (Å²) in [4.78, 5) is 154. The lowest BCUT2D eigenvalue weighted by atomic mass is 8.92. The van der Waals surface area contributed by atoms with E-state index in [1.807, 2.05) is 31.0 Å². The van der Waals surface area contributed by atoms with E-state index in [0.717, 1.165) is 33.0 Å². The Morgan fingerprint density at radius 1 is 0.724 bits per heavy atom. The number of amides is 10. The number of halogens is 2. The van der Waals surface area contributed by atoms with Crippen molar-refractivity contribution in [1.29, 1.82) is 0 Å². The highest BCUT2D eigenvalue weighted by molar-refractivity contribution is 7.46. The van der Waals surface area contributed by atoms with Gasteiger partial charge >= 0.3 is 19.9 Å². The van der Waals surface area contributed by atoms with Gasteiger partial charge in [0.25, 0.3) is 5.91 Å². The molecule has 2 aliphatic heterocycles. The molecule has 2 aromatic heterocycles. The average molecular weight is 1410 g/mol. The van der Waals surface area contributed by atoms with Crippen LogP contribution in [0.3, 0.4) is 0 Å². The number of anilines is 3. The number of benzene rings is 3. The fraction of sp³-hybridized carbons (Fsp3) is 0.537. The number of H-pyrrole nitrogens is 2. The Balaban J connectivity index is 0.635. The normalized spacial score (nSPS) is 24.6. The van der Waals surface area contributed by atoms with Crippen LogP contribution >= 0.6 is 31.0 Å². The number of aryl methyl sites for hydroxylation is 2. The number of nitrogens with two attached hydrogens (primary N) is 2. The molecule has 10 amide bonds. The zero-order valence-corrected chi connectivity index (χ0v) is 57.9. The summed E-state index contributed by atoms with van der Waals surface area (Å²) in [6, 6.07) is 5.98. The number of alkyl halides is 2. The Labute approximate surface area is 575 Å². The largest absolute Gasteiger partial charge is 0.524 e. The molecule has 0 radical (unpaired) electrons. The number of nitrogens with one attached hydrogen (secondary N) is 7. The number of carbonyl (C=O) groups is 9. The Kier molecular flexibility index (Phi) is 19.1. The monoisotopic (exact) mass is 1410 g/mol. The van der Waals surface area contributed by atoms with Gasteiger partial charge < -0.3 is 81.6 Å². The van der Waals surface area contributed by atoms with Gasteiger partial charge in [-0.15, -0.1) is 23.2 Å². The number of rotatable bonds is 30. The standard InChI is InChI=1S/C67H84Cl2N13O15P/c1-31(2)56(78-60(86)39(75-34(5)83)11-8-9-17-70)61(87)77-40(12-10-18-72-64(71)90)59(85)76-38-15-13-35(14-16-38)29-96-65(91)80(7)20-19-79(6)45(84)30-95-43-21-41-48(46-32(3)25-73-57(43)46)36(23-68)27-81(41)62(88)66-50-53-51(66)55-52(66)54(50)67(53,55)63(89)82-28-37(24-69)49-42(82)22-44(97-98(92,93)94)58-47(49)33(4)26-74-58/h13-16,21-22,25-26,31,36-37,39-40,50-56,73-74H,8-12,17-20,23-24,27-30,70H2,1-7H3,(H,75,83)(H,76,85)(H,77,87)(H,78,86)(H3,71,72,90)(H2,92,93,94)/t36-,37-,39+,40+,50?,51?,52?,53?,54?,55?,56+,66?,67?/m1/s1. The first-order valence-corrected chi connectivity index (χ1v) is 35.8. The molecule has 28 nitrogen and oxygen atoms in total. The van der Waals surface area contributed by atoms with Crippen LogP contribution in [0.1, 0.15) is 92.5 Å². The lowest BCUT2D eigenvalue weighted by Gasteiger charge is -3.09. The number of carbonyl (C=O) groups excluding carboxylic acids is 9. The van der Waals surface area contributed by atoms with E-state index in [-0.39, 0.29) is 128 Å². The van der Waals surface area contributed by atoms with Gasteiger partial charge in [-0.25, -0.2) is 14.2 Å². The molecule has 3 aromatic carbocycles. The Morgan fingerprint density at radius 3 is 1.76 bits per heavy atom. The smallest absolute Gasteiger partial charge is 0.481 e. The molecule has 13 N–H and O–H groups in total. The van der Waals surface area contributed by atoms with Crippen LogP contribution in [0.2, 0.25) is 0 Å². The second-order valence-electron chi connectivity index (χ2n) is 27.7. The second-order valence-corrected chi connectivity index (χ2v) is 29.5. The van der Waals surface area contributed by atoms with Crippen LogP contribution in [0.5, 0.6) is 11.5 Å². The zero-order valence-electron chi connectivity index (χ0n) is 55.5. The number of primary amides is 1. The number of urea groups is 1. The first-order valence-electron chi connectivity index (χ1n) is 33.2. The van der Waals surface area contributed by atoms with E-state index in [1.54, 1.807) is 62.3 Å². The number of phosphoric ester groups is 1. The van der Waals surface area contributed by atoms with Crippen LogP contribution in [-0.2, 0) is 49.5 Å². The third-order valence-corrected chi connectivity index (χ3v) is 23.0. The molecule has 0 saturated heterocycles. The highest BCUT2D eigenvalue weighted by atomic mass is 35.5. The number of aromatic amines is 2. The third-order valence-electron chi connectivity index (χ3n) is 21.9. The van der Waals surface area contributed by atoms with Gasteiger partial charge in [0.05, 0.1) is 33.2 Å². The number of hydrogen-bond acceptors (Lipinski definition) is 14. The van der Waals surface area contributed by atoms with Gasteiger partial charge in [-0.05, 0) is 134 Å². The summed E-state index contributed by atoms with van der Waals surface area (Å²) in [5, 5.41) is 15.0. The van der Waals surface area contributed by atoms with Crippen LogP contribution in [0.15, 0.2) is 48.8 Å². The minimum Gasteiger partial charge on any atom is -0.481 e. The Morgan fingerprint density at radius 2 is 1.24 bits per heavy atom. The molecule has 6 fully saturated rings. The van der Waals surface area contributed by atoms with Crippen LogP contribution in [0.25, 0.3) is 21.8 Å². The van der Waals surface area contributed by atoms with Crippen LogP contribution in [0, 0.1) is 66.1 Å². The molecule has 98 heavy (non-hydrogen) atoms. The van der Waals surface area contributed by atoms with E-state index in [1.165, 1.54) is 23.8 Å². The summed E-state index contributed by atoms with van der Waals surface area (Å²) in [5.41, 5.74) is 16.4. The topological polar surface area (TPSA) is 396 Å². The number of likely N-dealkylation sites (N-methyl/N-ethyl adjacent to an activating group) is 2. The van der Waals surface area contributed by atoms with Crippen molar-refractivity contribution in [2.45, 2.75) is 103 Å². The molecule has 8 aliphatic rings. The molecule has 13 rings (SSSR count). The van der Waals surface area contributed by atoms with E-state index in [4.69, 9.17) is 48.7 Å². The molecule has 6 saturated carbocycles. The van der Waals surface area contributed by atoms with Gasteiger partial charge in [-0.1, -0.05) is 26.0 Å². The van der Waals surface area contributed by atoms with Crippen LogP contribution < -0.4 is 57.1 Å². The van der Waals surface area contributed by atoms with Gasteiger partial charge in [0.15, 0.2) is 12.4 Å². The molecule has 31 heteroatoms. The Bertz CT molecular complexity index is 4070. The number of aromatic nitrogens is 2. The molecule has 526 valence electrons. The maximum Gasteiger partial charge on any atom is 0.524 e. The number of nitrogens with zero attached hydrogens (tertiary/aromatic N) is 4. The summed E-state index contributed by atoms with van der Waals surface area (Å²) >= 11 is 13.3. The van der Waals surface area contributed by atoms with E-state index in [2.05, 4.69) is 36.6 Å². The lowest BCUT2D eigenvalue weighted by molar-refractivity contribution is -0.623. The average Bonchev–Trinajstić information content (AvgIpc) is 1.04. The van der Waals surface area contributed by atoms with Crippen molar-refractivity contribution in [3.05, 3.63) is 76.6 Å². The highest BCUT2D eigenvalue weighted by Crippen LogP contribution is 3.10. The molecule has 0 spiro atoms. The number of phosphoric acid groups is 1. The van der Waals surface area contributed by atoms with Gasteiger partial charge in [0, 0.05) is 118 Å². The van der Waals surface area contributed by atoms with Crippen LogP contribution in [-0.4, -0.2) is 173 Å². The van der Waals surface area contributed by atoms with Crippen LogP contribution in [0.4, 0.5) is 26.7 Å². The van der Waals surface area contributed by atoms with Gasteiger partial charge in [-0.2, -0.15) is 0 Å². The lowest BCUT2D eigenvalue weighted by Crippen LogP contribution is -3.12. The fourth-order valence-corrected chi connectivity index (χ4v) is 18.5. The fourth-order valence-electron chi connectivity index (χ4n) is 17.6. The van der Waals surface area contributed by atoms with Crippen molar-refractivity contribution in [2.75, 3.05) is 86.8 Å². The molecule has 4 heterocycles. The summed E-state index contributed by atoms with van der Waals surface area (Å²) < 4.78 is 29.3. The van der Waals surface area contributed by atoms with Crippen molar-refractivity contribution < 1.29 is 71.5 Å². The maximum atomic E-state index is 15.4. The molecule has 5 aromatic rings. The second kappa shape index (κ2) is 26.8. The van der Waals surface area contributed by atoms with Crippen molar-refractivity contribution in [1.82, 2.24) is 41.0 Å². The van der Waals surface area contributed by atoms with Gasteiger partial charge in [0.1, 0.15) is 30.5 Å². The first kappa shape index (κ1) is 69.7. The summed E-state index contributed by atoms with van der Waals surface area (Å²) in [6.45, 7) is 9.53. The number of unbranched alkanes of at least 4 members (excludes halogenated alkanes) is 1. The van der Waals surface area contributed by atoms with Gasteiger partial charge in [0.2, 0.25) is 35.4 Å². The number of ether oxygens (including phenoxy) is 2. The van der Waals surface area contributed by atoms with Crippen molar-refractivity contribution >= 4 is 123 Å². The van der Waals surface area contributed by atoms with E-state index >= 15 is 9.59 Å². The number of hydrogen-bond donors (Lipinski definition) is 11. The van der Waals surface area contributed by atoms with Gasteiger partial charge in [-0.3, -0.25) is 43.3 Å². The SMILES string of the molecule is CC(=O)N[C@@H](CCCCN)C(=O)N[C@H](C(=O)N[C@@H](CCCNC(N)=O)C(=O)Nc1ccc(COC(=O)N(C)CCN(C)C(=O)COc2cc3c(c4c(C)c[nH]c24)[C@H](CCl)CN3C(=O)C23C4C5C2C2C3C4C52C(=O)N2C[C@@H](CCl)c3c2cc(OP(=O)(O)O)c2[nH]cc(C)c32)cc1)C(C)C. The molecule has 6 aliphatic carbocycles. The summed E-state index contributed by atoms with van der Waals surface area (Å²) in [7, 11) is -1.84. The minimum atomic E-state index is -4.97. The third kappa shape index (κ3) is 11.5. The first-order chi connectivity index (χ1) is 46.6. The summed E-state index contributed by atoms with van der Waals surface area (Å²) in [6.07, 6.45) is 4.77. The Hall–Kier alpha value is -8.14. The molecular formula is C67H84Cl2N13O15P. The van der Waals surface area contributed by atoms with Crippen molar-refractivity contribution in [3.63, 3.8) is 0 Å². The summed E-state index contributed by atoms with van der Waals surface area (Å²) in [5.74, 6) is -2.35. The molecular weight excluding hydrogens is 1330 g/mol.